The van der Waals surface area contributed by atoms with Crippen molar-refractivity contribution < 1.29 is 4.52 Å². The van der Waals surface area contributed by atoms with Crippen LogP contribution >= 0.6 is 0 Å². The second-order valence-corrected chi connectivity index (χ2v) is 3.56. The summed E-state index contributed by atoms with van der Waals surface area (Å²) in [5.41, 5.74) is 0.0990. The highest BCUT2D eigenvalue weighted by molar-refractivity contribution is 5.02. The summed E-state index contributed by atoms with van der Waals surface area (Å²) in [6.07, 6.45) is 3.63. The lowest BCUT2D eigenvalue weighted by Gasteiger charge is -2.29. The summed E-state index contributed by atoms with van der Waals surface area (Å²) in [6.45, 7) is 4.26. The van der Waals surface area contributed by atoms with Crippen molar-refractivity contribution in [1.29, 1.82) is 0 Å². The van der Waals surface area contributed by atoms with E-state index in [1.54, 1.807) is 0 Å². The highest BCUT2D eigenvalue weighted by atomic mass is 16.5. The van der Waals surface area contributed by atoms with Gasteiger partial charge >= 0.3 is 0 Å². The van der Waals surface area contributed by atoms with Gasteiger partial charge in [0.2, 0.25) is 5.89 Å². The number of aromatic nitrogens is 2. The van der Waals surface area contributed by atoms with E-state index in [-0.39, 0.29) is 5.41 Å². The predicted molar refractivity (Wildman–Crippen MR) is 43.8 cm³/mol. The van der Waals surface area contributed by atoms with E-state index in [1.807, 2.05) is 0 Å². The van der Waals surface area contributed by atoms with Gasteiger partial charge in [-0.05, 0) is 25.9 Å². The summed E-state index contributed by atoms with van der Waals surface area (Å²) >= 11 is 0. The van der Waals surface area contributed by atoms with Crippen LogP contribution in [-0.2, 0) is 5.41 Å². The minimum absolute atomic E-state index is 0.0990. The van der Waals surface area contributed by atoms with Crippen LogP contribution in [0.1, 0.15) is 25.7 Å². The zero-order chi connectivity index (χ0) is 8.44. The Morgan fingerprint density at radius 3 is 2.83 bits per heavy atom. The molecule has 1 aromatic rings. The first-order chi connectivity index (χ1) is 5.81. The van der Waals surface area contributed by atoms with Crippen molar-refractivity contribution in [1.82, 2.24) is 15.5 Å². The molecule has 0 spiro atoms. The average Bonchev–Trinajstić information content (AvgIpc) is 2.58. The van der Waals surface area contributed by atoms with Gasteiger partial charge in [-0.2, -0.15) is 4.98 Å². The molecule has 1 fully saturated rings. The number of nitrogens with zero attached hydrogens (tertiary/aromatic N) is 2. The second-order valence-electron chi connectivity index (χ2n) is 3.56. The van der Waals surface area contributed by atoms with E-state index in [4.69, 9.17) is 4.52 Å². The minimum Gasteiger partial charge on any atom is -0.339 e. The van der Waals surface area contributed by atoms with Crippen molar-refractivity contribution in [3.63, 3.8) is 0 Å². The summed E-state index contributed by atoms with van der Waals surface area (Å²) < 4.78 is 5.09. The van der Waals surface area contributed by atoms with Crippen molar-refractivity contribution in [3.8, 4) is 0 Å². The fraction of sp³-hybridized carbons (Fsp3) is 0.750. The fourth-order valence-corrected chi connectivity index (χ4v) is 1.63. The lowest BCUT2D eigenvalue weighted by molar-refractivity contribution is 0.241. The van der Waals surface area contributed by atoms with Crippen LogP contribution < -0.4 is 5.32 Å². The standard InChI is InChI=1S/C8H13N3O/c1-8(2-4-9-5-3-8)7-10-6-11-12-7/h6,9H,2-5H2,1H3. The van der Waals surface area contributed by atoms with Crippen LogP contribution in [0.3, 0.4) is 0 Å². The average molecular weight is 167 g/mol. The van der Waals surface area contributed by atoms with E-state index in [9.17, 15) is 0 Å². The van der Waals surface area contributed by atoms with Gasteiger partial charge in [0.15, 0.2) is 6.33 Å². The van der Waals surface area contributed by atoms with Crippen LogP contribution in [-0.4, -0.2) is 23.2 Å². The Morgan fingerprint density at radius 2 is 2.25 bits per heavy atom. The Labute approximate surface area is 71.4 Å². The van der Waals surface area contributed by atoms with Crippen LogP contribution in [0.5, 0.6) is 0 Å². The first kappa shape index (κ1) is 7.73. The van der Waals surface area contributed by atoms with E-state index in [0.29, 0.717) is 0 Å². The van der Waals surface area contributed by atoms with E-state index < -0.39 is 0 Å². The topological polar surface area (TPSA) is 51.0 Å². The number of hydrogen-bond donors (Lipinski definition) is 1. The molecular formula is C8H13N3O. The first-order valence-corrected chi connectivity index (χ1v) is 4.29. The normalized spacial score (nSPS) is 22.4. The van der Waals surface area contributed by atoms with Gasteiger partial charge in [0.25, 0.3) is 0 Å². The van der Waals surface area contributed by atoms with Crippen molar-refractivity contribution in [3.05, 3.63) is 12.2 Å². The third kappa shape index (κ3) is 1.22. The Morgan fingerprint density at radius 1 is 1.50 bits per heavy atom. The van der Waals surface area contributed by atoms with Gasteiger partial charge in [0.05, 0.1) is 0 Å². The number of hydrogen-bond acceptors (Lipinski definition) is 4. The van der Waals surface area contributed by atoms with Gasteiger partial charge < -0.3 is 9.84 Å². The SMILES string of the molecule is CC1(c2ncno2)CCNCC1. The molecule has 66 valence electrons. The van der Waals surface area contributed by atoms with Crippen molar-refractivity contribution in [2.24, 2.45) is 0 Å². The van der Waals surface area contributed by atoms with E-state index >= 15 is 0 Å². The first-order valence-electron chi connectivity index (χ1n) is 4.29. The Balaban J connectivity index is 2.19. The highest BCUT2D eigenvalue weighted by Crippen LogP contribution is 2.30. The third-order valence-corrected chi connectivity index (χ3v) is 2.58. The van der Waals surface area contributed by atoms with E-state index in [1.165, 1.54) is 6.33 Å². The Hall–Kier alpha value is -0.900. The quantitative estimate of drug-likeness (QED) is 0.669. The van der Waals surface area contributed by atoms with Crippen LogP contribution in [0.4, 0.5) is 0 Å². The molecule has 12 heavy (non-hydrogen) atoms. The van der Waals surface area contributed by atoms with Crippen LogP contribution in [0.2, 0.25) is 0 Å². The molecule has 2 heterocycles. The lowest BCUT2D eigenvalue weighted by atomic mass is 9.81. The Bertz CT molecular complexity index is 239. The van der Waals surface area contributed by atoms with Gasteiger partial charge in [0, 0.05) is 5.41 Å². The molecule has 2 rings (SSSR count). The molecule has 0 amide bonds. The maximum atomic E-state index is 5.09. The molecule has 0 saturated carbocycles. The molecular weight excluding hydrogens is 154 g/mol. The van der Waals surface area contributed by atoms with Crippen molar-refractivity contribution in [2.75, 3.05) is 13.1 Å². The van der Waals surface area contributed by atoms with Gasteiger partial charge in [-0.1, -0.05) is 12.1 Å². The zero-order valence-corrected chi connectivity index (χ0v) is 7.21. The molecule has 0 aromatic carbocycles. The van der Waals surface area contributed by atoms with Gasteiger partial charge in [-0.3, -0.25) is 0 Å². The molecule has 4 nitrogen and oxygen atoms in total. The lowest BCUT2D eigenvalue weighted by Crippen LogP contribution is -2.37. The zero-order valence-electron chi connectivity index (χ0n) is 7.21. The van der Waals surface area contributed by atoms with E-state index in [0.717, 1.165) is 31.8 Å². The van der Waals surface area contributed by atoms with E-state index in [2.05, 4.69) is 22.4 Å². The molecule has 1 aromatic heterocycles. The monoisotopic (exact) mass is 167 g/mol. The number of rotatable bonds is 1. The van der Waals surface area contributed by atoms with Crippen LogP contribution in [0.25, 0.3) is 0 Å². The highest BCUT2D eigenvalue weighted by Gasteiger charge is 2.33. The number of piperidine rings is 1. The van der Waals surface area contributed by atoms with Gasteiger partial charge in [-0.25, -0.2) is 0 Å². The largest absolute Gasteiger partial charge is 0.339 e. The number of nitrogens with one attached hydrogen (secondary N) is 1. The Kier molecular flexibility index (Phi) is 1.84. The molecule has 1 N–H and O–H groups in total. The van der Waals surface area contributed by atoms with Gasteiger partial charge in [-0.15, -0.1) is 0 Å². The van der Waals surface area contributed by atoms with Crippen molar-refractivity contribution in [2.45, 2.75) is 25.2 Å². The molecule has 1 saturated heterocycles. The summed E-state index contributed by atoms with van der Waals surface area (Å²) in [6, 6.07) is 0. The summed E-state index contributed by atoms with van der Waals surface area (Å²) in [4.78, 5) is 4.11. The molecule has 0 aliphatic carbocycles. The van der Waals surface area contributed by atoms with Crippen LogP contribution in [0, 0.1) is 0 Å². The third-order valence-electron chi connectivity index (χ3n) is 2.58. The molecule has 0 radical (unpaired) electrons. The predicted octanol–water partition coefficient (Wildman–Crippen LogP) is 0.711. The molecule has 0 unspecified atom stereocenters. The smallest absolute Gasteiger partial charge is 0.232 e. The minimum atomic E-state index is 0.0990. The molecule has 0 bridgehead atoms. The molecule has 1 aliphatic rings. The summed E-state index contributed by atoms with van der Waals surface area (Å²) in [5, 5.41) is 6.95. The maximum Gasteiger partial charge on any atom is 0.232 e. The molecule has 0 atom stereocenters. The summed E-state index contributed by atoms with van der Waals surface area (Å²) in [7, 11) is 0. The second kappa shape index (κ2) is 2.86. The van der Waals surface area contributed by atoms with Crippen LogP contribution in [0.15, 0.2) is 10.9 Å². The summed E-state index contributed by atoms with van der Waals surface area (Å²) in [5.74, 6) is 0.781. The maximum absolute atomic E-state index is 5.09. The van der Waals surface area contributed by atoms with Gasteiger partial charge in [0.1, 0.15) is 0 Å². The fourth-order valence-electron chi connectivity index (χ4n) is 1.63. The molecule has 4 heteroatoms. The van der Waals surface area contributed by atoms with Crippen molar-refractivity contribution >= 4 is 0 Å². The molecule has 1 aliphatic heterocycles.